The summed E-state index contributed by atoms with van der Waals surface area (Å²) in [5.41, 5.74) is 4.20. The van der Waals surface area contributed by atoms with Crippen LogP contribution in [0.4, 0.5) is 8.78 Å². The van der Waals surface area contributed by atoms with Gasteiger partial charge in [-0.1, -0.05) is 31.2 Å². The SMILES string of the molecule is CC[C@H]1CC(NC(C)c2ccc(Cc3ccc(F)c(C)c3)c(F)c2)=CN1. The van der Waals surface area contributed by atoms with Crippen molar-refractivity contribution in [3.8, 4) is 0 Å². The van der Waals surface area contributed by atoms with Crippen LogP contribution in [0.5, 0.6) is 0 Å². The number of nitrogens with one attached hydrogen (secondary N) is 2. The molecule has 0 aromatic heterocycles. The quantitative estimate of drug-likeness (QED) is 0.750. The normalized spacial score (nSPS) is 17.6. The molecule has 1 unspecified atom stereocenters. The van der Waals surface area contributed by atoms with Gasteiger partial charge in [0.05, 0.1) is 0 Å². The molecule has 2 nitrogen and oxygen atoms in total. The van der Waals surface area contributed by atoms with E-state index in [1.165, 1.54) is 6.07 Å². The van der Waals surface area contributed by atoms with E-state index in [4.69, 9.17) is 0 Å². The zero-order valence-electron chi connectivity index (χ0n) is 15.6. The molecular formula is C22H26F2N2. The first kappa shape index (κ1) is 18.4. The van der Waals surface area contributed by atoms with E-state index < -0.39 is 0 Å². The Morgan fingerprint density at radius 3 is 2.62 bits per heavy atom. The molecule has 1 aliphatic rings. The van der Waals surface area contributed by atoms with Crippen LogP contribution in [0, 0.1) is 18.6 Å². The maximum absolute atomic E-state index is 14.6. The Balaban J connectivity index is 1.67. The van der Waals surface area contributed by atoms with Crippen molar-refractivity contribution in [3.05, 3.63) is 82.2 Å². The molecule has 0 amide bonds. The highest BCUT2D eigenvalue weighted by molar-refractivity contribution is 5.33. The number of benzene rings is 2. The van der Waals surface area contributed by atoms with Gasteiger partial charge in [0.25, 0.3) is 0 Å². The van der Waals surface area contributed by atoms with Gasteiger partial charge in [0.15, 0.2) is 0 Å². The van der Waals surface area contributed by atoms with E-state index in [9.17, 15) is 8.78 Å². The summed E-state index contributed by atoms with van der Waals surface area (Å²) in [6, 6.07) is 10.8. The van der Waals surface area contributed by atoms with Gasteiger partial charge in [-0.2, -0.15) is 0 Å². The van der Waals surface area contributed by atoms with Crippen molar-refractivity contribution in [2.24, 2.45) is 0 Å². The molecule has 0 bridgehead atoms. The van der Waals surface area contributed by atoms with Gasteiger partial charge in [-0.15, -0.1) is 0 Å². The molecule has 0 aliphatic carbocycles. The van der Waals surface area contributed by atoms with Crippen LogP contribution in [-0.2, 0) is 6.42 Å². The molecule has 138 valence electrons. The second-order valence-corrected chi connectivity index (χ2v) is 7.12. The van der Waals surface area contributed by atoms with E-state index in [0.717, 1.165) is 29.7 Å². The van der Waals surface area contributed by atoms with Crippen LogP contribution in [0.25, 0.3) is 0 Å². The van der Waals surface area contributed by atoms with E-state index in [2.05, 4.69) is 17.6 Å². The third-order valence-corrected chi connectivity index (χ3v) is 5.05. The minimum atomic E-state index is -0.231. The number of hydrogen-bond acceptors (Lipinski definition) is 2. The Hall–Kier alpha value is -2.36. The van der Waals surface area contributed by atoms with Crippen molar-refractivity contribution in [2.45, 2.75) is 52.1 Å². The minimum absolute atomic E-state index is 0.0373. The highest BCUT2D eigenvalue weighted by Crippen LogP contribution is 2.22. The maximum Gasteiger partial charge on any atom is 0.127 e. The highest BCUT2D eigenvalue weighted by Gasteiger charge is 2.17. The molecule has 1 aliphatic heterocycles. The summed E-state index contributed by atoms with van der Waals surface area (Å²) in [5.74, 6) is -0.450. The summed E-state index contributed by atoms with van der Waals surface area (Å²) < 4.78 is 28.0. The van der Waals surface area contributed by atoms with Crippen molar-refractivity contribution in [3.63, 3.8) is 0 Å². The average Bonchev–Trinajstić information content (AvgIpc) is 3.07. The fraction of sp³-hybridized carbons (Fsp3) is 0.364. The molecule has 0 saturated heterocycles. The summed E-state index contributed by atoms with van der Waals surface area (Å²) in [7, 11) is 0. The van der Waals surface area contributed by atoms with E-state index in [1.54, 1.807) is 25.1 Å². The average molecular weight is 356 g/mol. The predicted molar refractivity (Wildman–Crippen MR) is 102 cm³/mol. The Morgan fingerprint density at radius 1 is 1.15 bits per heavy atom. The first-order valence-electron chi connectivity index (χ1n) is 9.21. The standard InChI is InChI=1S/C22H26F2N2/c1-4-19-12-20(13-25-19)26-15(3)17-6-7-18(22(24)11-17)10-16-5-8-21(23)14(2)9-16/h5-9,11,13,15,19,25-26H,4,10,12H2,1-3H3/t15?,19-/m0/s1. The third kappa shape index (κ3) is 4.24. The number of rotatable bonds is 6. The molecule has 2 N–H and O–H groups in total. The number of aryl methyl sites for hydroxylation is 1. The third-order valence-electron chi connectivity index (χ3n) is 5.05. The van der Waals surface area contributed by atoms with Gasteiger partial charge in [-0.3, -0.25) is 0 Å². The Morgan fingerprint density at radius 2 is 1.96 bits per heavy atom. The fourth-order valence-corrected chi connectivity index (χ4v) is 3.34. The molecule has 3 rings (SSSR count). The first-order valence-corrected chi connectivity index (χ1v) is 9.21. The number of hydrogen-bond donors (Lipinski definition) is 2. The van der Waals surface area contributed by atoms with Crippen molar-refractivity contribution in [1.29, 1.82) is 0 Å². The van der Waals surface area contributed by atoms with Gasteiger partial charge >= 0.3 is 0 Å². The summed E-state index contributed by atoms with van der Waals surface area (Å²) in [6.07, 6.45) is 4.54. The zero-order valence-corrected chi connectivity index (χ0v) is 15.6. The smallest absolute Gasteiger partial charge is 0.127 e. The maximum atomic E-state index is 14.6. The van der Waals surface area contributed by atoms with Crippen molar-refractivity contribution < 1.29 is 8.78 Å². The number of halogens is 2. The van der Waals surface area contributed by atoms with Crippen LogP contribution in [0.15, 0.2) is 48.3 Å². The van der Waals surface area contributed by atoms with Gasteiger partial charge in [-0.25, -0.2) is 8.78 Å². The van der Waals surface area contributed by atoms with Crippen LogP contribution < -0.4 is 10.6 Å². The molecule has 0 saturated carbocycles. The van der Waals surface area contributed by atoms with E-state index in [1.807, 2.05) is 25.3 Å². The predicted octanol–water partition coefficient (Wildman–Crippen LogP) is 5.13. The van der Waals surface area contributed by atoms with Crippen molar-refractivity contribution >= 4 is 0 Å². The van der Waals surface area contributed by atoms with Crippen LogP contribution in [-0.4, -0.2) is 6.04 Å². The molecule has 0 spiro atoms. The highest BCUT2D eigenvalue weighted by atomic mass is 19.1. The molecule has 0 radical (unpaired) electrons. The van der Waals surface area contributed by atoms with Crippen LogP contribution in [0.1, 0.15) is 55.0 Å². The molecule has 26 heavy (non-hydrogen) atoms. The van der Waals surface area contributed by atoms with Crippen molar-refractivity contribution in [1.82, 2.24) is 10.6 Å². The van der Waals surface area contributed by atoms with Gasteiger partial charge in [0.2, 0.25) is 0 Å². The van der Waals surface area contributed by atoms with Gasteiger partial charge in [0.1, 0.15) is 11.6 Å². The molecular weight excluding hydrogens is 330 g/mol. The summed E-state index contributed by atoms with van der Waals surface area (Å²) >= 11 is 0. The monoisotopic (exact) mass is 356 g/mol. The van der Waals surface area contributed by atoms with E-state index in [-0.39, 0.29) is 17.7 Å². The second-order valence-electron chi connectivity index (χ2n) is 7.12. The van der Waals surface area contributed by atoms with Crippen LogP contribution >= 0.6 is 0 Å². The molecule has 2 aromatic carbocycles. The lowest BCUT2D eigenvalue weighted by atomic mass is 9.99. The Bertz CT molecular complexity index is 814. The largest absolute Gasteiger partial charge is 0.386 e. The molecule has 1 heterocycles. The Labute approximate surface area is 154 Å². The lowest BCUT2D eigenvalue weighted by Gasteiger charge is -2.18. The molecule has 2 atom stereocenters. The lowest BCUT2D eigenvalue weighted by molar-refractivity contribution is 0.566. The molecule has 2 aromatic rings. The summed E-state index contributed by atoms with van der Waals surface area (Å²) in [6.45, 7) is 5.92. The van der Waals surface area contributed by atoms with Crippen molar-refractivity contribution in [2.75, 3.05) is 0 Å². The van der Waals surface area contributed by atoms with Crippen LogP contribution in [0.2, 0.25) is 0 Å². The van der Waals surface area contributed by atoms with E-state index >= 15 is 0 Å². The van der Waals surface area contributed by atoms with Crippen LogP contribution in [0.3, 0.4) is 0 Å². The van der Waals surface area contributed by atoms with Gasteiger partial charge in [-0.05, 0) is 54.7 Å². The van der Waals surface area contributed by atoms with Gasteiger partial charge < -0.3 is 10.6 Å². The fourth-order valence-electron chi connectivity index (χ4n) is 3.34. The first-order chi connectivity index (χ1) is 12.5. The molecule has 4 heteroatoms. The second kappa shape index (κ2) is 7.90. The summed E-state index contributed by atoms with van der Waals surface area (Å²) in [5, 5.41) is 6.80. The zero-order chi connectivity index (χ0) is 18.7. The topological polar surface area (TPSA) is 24.1 Å². The summed E-state index contributed by atoms with van der Waals surface area (Å²) in [4.78, 5) is 0. The molecule has 0 fully saturated rings. The minimum Gasteiger partial charge on any atom is -0.386 e. The lowest BCUT2D eigenvalue weighted by Crippen LogP contribution is -2.20. The van der Waals surface area contributed by atoms with E-state index in [0.29, 0.717) is 23.6 Å². The van der Waals surface area contributed by atoms with Gasteiger partial charge in [0, 0.05) is 36.8 Å². The Kier molecular flexibility index (Phi) is 5.60.